The Morgan fingerprint density at radius 2 is 1.41 bits per heavy atom. The fourth-order valence-corrected chi connectivity index (χ4v) is 5.19. The Morgan fingerprint density at radius 1 is 0.824 bits per heavy atom. The van der Waals surface area contributed by atoms with Crippen molar-refractivity contribution in [2.45, 2.75) is 25.7 Å². The molecule has 0 fully saturated rings. The number of carbonyl (C=O) groups excluding carboxylic acids is 1. The van der Waals surface area contributed by atoms with E-state index in [4.69, 9.17) is 0 Å². The molecule has 3 rings (SSSR count). The number of benzene rings is 3. The van der Waals surface area contributed by atoms with E-state index in [1.165, 1.54) is 24.3 Å². The molecule has 0 heterocycles. The third-order valence-electron chi connectivity index (χ3n) is 5.10. The molecule has 0 bridgehead atoms. The van der Waals surface area contributed by atoms with Gasteiger partial charge >= 0.3 is 0 Å². The van der Waals surface area contributed by atoms with Gasteiger partial charge in [-0.25, -0.2) is 16.8 Å². The Balaban J connectivity index is 1.72. The smallest absolute Gasteiger partial charge is 0.261 e. The van der Waals surface area contributed by atoms with Gasteiger partial charge in [0.1, 0.15) is 6.54 Å². The van der Waals surface area contributed by atoms with Crippen molar-refractivity contribution in [1.29, 1.82) is 0 Å². The maximum absolute atomic E-state index is 12.8. The standard InChI is InChI=1S/C24H27N3O5S2/c1-17-6-11-21(12-7-17)27(33(4,29)30)16-24(28)25-20-9-13-22(14-10-20)34(31,32)26-23-15-18(2)5-8-19(23)3/h5-15,26H,16H2,1-4H3,(H,25,28). The molecule has 0 aromatic heterocycles. The van der Waals surface area contributed by atoms with E-state index >= 15 is 0 Å². The molecular formula is C24H27N3O5S2. The molecule has 0 radical (unpaired) electrons. The minimum absolute atomic E-state index is 0.0313. The van der Waals surface area contributed by atoms with Crippen LogP contribution in [0.3, 0.4) is 0 Å². The van der Waals surface area contributed by atoms with E-state index in [-0.39, 0.29) is 4.90 Å². The predicted molar refractivity (Wildman–Crippen MR) is 135 cm³/mol. The molecule has 3 aromatic carbocycles. The summed E-state index contributed by atoms with van der Waals surface area (Å²) in [6.07, 6.45) is 1.03. The number of amides is 1. The number of nitrogens with one attached hydrogen (secondary N) is 2. The molecular weight excluding hydrogens is 474 g/mol. The average molecular weight is 502 g/mol. The number of sulfonamides is 2. The number of rotatable bonds is 8. The lowest BCUT2D eigenvalue weighted by Crippen LogP contribution is -2.37. The highest BCUT2D eigenvalue weighted by Crippen LogP contribution is 2.22. The van der Waals surface area contributed by atoms with Gasteiger partial charge in [-0.3, -0.25) is 13.8 Å². The second-order valence-electron chi connectivity index (χ2n) is 8.10. The Hall–Kier alpha value is -3.37. The summed E-state index contributed by atoms with van der Waals surface area (Å²) in [5.41, 5.74) is 3.89. The normalized spacial score (nSPS) is 11.6. The maximum Gasteiger partial charge on any atom is 0.261 e. The maximum atomic E-state index is 12.8. The molecule has 0 unspecified atom stereocenters. The summed E-state index contributed by atoms with van der Waals surface area (Å²) in [6, 6.07) is 17.9. The summed E-state index contributed by atoms with van der Waals surface area (Å²) in [5, 5.41) is 2.61. The monoisotopic (exact) mass is 501 g/mol. The summed E-state index contributed by atoms with van der Waals surface area (Å²) >= 11 is 0. The van der Waals surface area contributed by atoms with Gasteiger partial charge in [-0.2, -0.15) is 0 Å². The van der Waals surface area contributed by atoms with Crippen LogP contribution >= 0.6 is 0 Å². The van der Waals surface area contributed by atoms with Gasteiger partial charge in [-0.15, -0.1) is 0 Å². The van der Waals surface area contributed by atoms with Gasteiger partial charge in [0.05, 0.1) is 22.5 Å². The van der Waals surface area contributed by atoms with Gasteiger partial charge in [-0.1, -0.05) is 29.8 Å². The number of carbonyl (C=O) groups is 1. The van der Waals surface area contributed by atoms with E-state index in [9.17, 15) is 21.6 Å². The van der Waals surface area contributed by atoms with Crippen LogP contribution in [0.5, 0.6) is 0 Å². The van der Waals surface area contributed by atoms with E-state index in [1.807, 2.05) is 32.9 Å². The third-order valence-corrected chi connectivity index (χ3v) is 7.62. The zero-order valence-electron chi connectivity index (χ0n) is 19.4. The molecule has 2 N–H and O–H groups in total. The van der Waals surface area contributed by atoms with Crippen LogP contribution in [0.4, 0.5) is 17.1 Å². The molecule has 1 amide bonds. The summed E-state index contributed by atoms with van der Waals surface area (Å²) in [7, 11) is -7.52. The van der Waals surface area contributed by atoms with E-state index in [2.05, 4.69) is 10.0 Å². The molecule has 0 saturated carbocycles. The van der Waals surface area contributed by atoms with Crippen LogP contribution in [0.1, 0.15) is 16.7 Å². The fourth-order valence-electron chi connectivity index (χ4n) is 3.21. The van der Waals surface area contributed by atoms with Crippen molar-refractivity contribution in [3.63, 3.8) is 0 Å². The zero-order valence-corrected chi connectivity index (χ0v) is 21.0. The second kappa shape index (κ2) is 9.86. The zero-order chi connectivity index (χ0) is 25.1. The van der Waals surface area contributed by atoms with Gasteiger partial charge in [0.2, 0.25) is 15.9 Å². The largest absolute Gasteiger partial charge is 0.325 e. The molecule has 0 atom stereocenters. The Bertz CT molecular complexity index is 1400. The Morgan fingerprint density at radius 3 is 2.00 bits per heavy atom. The molecule has 0 saturated heterocycles. The highest BCUT2D eigenvalue weighted by Gasteiger charge is 2.21. The van der Waals surface area contributed by atoms with Crippen molar-refractivity contribution in [1.82, 2.24) is 0 Å². The topological polar surface area (TPSA) is 113 Å². The summed E-state index contributed by atoms with van der Waals surface area (Å²) < 4.78 is 53.6. The van der Waals surface area contributed by atoms with Crippen LogP contribution in [0.2, 0.25) is 0 Å². The van der Waals surface area contributed by atoms with Gasteiger partial charge in [0.15, 0.2) is 0 Å². The SMILES string of the molecule is Cc1ccc(N(CC(=O)Nc2ccc(S(=O)(=O)Nc3cc(C)ccc3C)cc2)S(C)(=O)=O)cc1. The lowest BCUT2D eigenvalue weighted by Gasteiger charge is -2.22. The van der Waals surface area contributed by atoms with E-state index in [0.29, 0.717) is 17.1 Å². The average Bonchev–Trinajstić information content (AvgIpc) is 2.75. The first-order valence-electron chi connectivity index (χ1n) is 10.4. The predicted octanol–water partition coefficient (Wildman–Crippen LogP) is 3.82. The number of hydrogen-bond acceptors (Lipinski definition) is 5. The summed E-state index contributed by atoms with van der Waals surface area (Å²) in [4.78, 5) is 12.6. The van der Waals surface area contributed by atoms with Gasteiger partial charge in [-0.05, 0) is 74.4 Å². The highest BCUT2D eigenvalue weighted by atomic mass is 32.2. The number of nitrogens with zero attached hydrogens (tertiary/aromatic N) is 1. The van der Waals surface area contributed by atoms with Gasteiger partial charge < -0.3 is 5.32 Å². The number of anilines is 3. The second-order valence-corrected chi connectivity index (χ2v) is 11.7. The van der Waals surface area contributed by atoms with Crippen LogP contribution < -0.4 is 14.3 Å². The van der Waals surface area contributed by atoms with Crippen molar-refractivity contribution in [2.24, 2.45) is 0 Å². The molecule has 0 aliphatic rings. The van der Waals surface area contributed by atoms with E-state index in [1.54, 1.807) is 30.3 Å². The lowest BCUT2D eigenvalue weighted by atomic mass is 10.1. The van der Waals surface area contributed by atoms with Crippen molar-refractivity contribution < 1.29 is 21.6 Å². The van der Waals surface area contributed by atoms with Crippen molar-refractivity contribution in [2.75, 3.05) is 27.1 Å². The van der Waals surface area contributed by atoms with Crippen LogP contribution in [-0.2, 0) is 24.8 Å². The van der Waals surface area contributed by atoms with Crippen LogP contribution in [0.15, 0.2) is 71.6 Å². The fraction of sp³-hybridized carbons (Fsp3) is 0.208. The van der Waals surface area contributed by atoms with Crippen LogP contribution in [0, 0.1) is 20.8 Å². The molecule has 8 nitrogen and oxygen atoms in total. The lowest BCUT2D eigenvalue weighted by molar-refractivity contribution is -0.114. The molecule has 34 heavy (non-hydrogen) atoms. The molecule has 3 aromatic rings. The summed E-state index contributed by atoms with van der Waals surface area (Å²) in [6.45, 7) is 5.14. The summed E-state index contributed by atoms with van der Waals surface area (Å²) in [5.74, 6) is -0.560. The minimum Gasteiger partial charge on any atom is -0.325 e. The van der Waals surface area contributed by atoms with E-state index < -0.39 is 32.5 Å². The third kappa shape index (κ3) is 6.36. The van der Waals surface area contributed by atoms with Gasteiger partial charge in [0, 0.05) is 5.69 Å². The number of hydrogen-bond donors (Lipinski definition) is 2. The first-order chi connectivity index (χ1) is 15.8. The quantitative estimate of drug-likeness (QED) is 0.487. The minimum atomic E-state index is -3.83. The molecule has 180 valence electrons. The Kier molecular flexibility index (Phi) is 7.32. The molecule has 10 heteroatoms. The van der Waals surface area contributed by atoms with Crippen molar-refractivity contribution >= 4 is 43.0 Å². The molecule has 0 aliphatic carbocycles. The van der Waals surface area contributed by atoms with Crippen LogP contribution in [-0.4, -0.2) is 35.5 Å². The van der Waals surface area contributed by atoms with E-state index in [0.717, 1.165) is 27.3 Å². The van der Waals surface area contributed by atoms with Crippen molar-refractivity contribution in [3.8, 4) is 0 Å². The first kappa shape index (κ1) is 25.3. The first-order valence-corrected chi connectivity index (χ1v) is 13.7. The molecule has 0 aliphatic heterocycles. The molecule has 0 spiro atoms. The number of aryl methyl sites for hydroxylation is 3. The van der Waals surface area contributed by atoms with Crippen molar-refractivity contribution in [3.05, 3.63) is 83.4 Å². The Labute approximate surface area is 200 Å². The van der Waals surface area contributed by atoms with Crippen LogP contribution in [0.25, 0.3) is 0 Å². The van der Waals surface area contributed by atoms with Gasteiger partial charge in [0.25, 0.3) is 10.0 Å². The highest BCUT2D eigenvalue weighted by molar-refractivity contribution is 7.92.